The molecule has 0 heterocycles. The van der Waals surface area contributed by atoms with Crippen molar-refractivity contribution in [3.05, 3.63) is 0 Å². The molecule has 3 fully saturated rings. The molecule has 0 radical (unpaired) electrons. The predicted octanol–water partition coefficient (Wildman–Crippen LogP) is 11.1. The maximum Gasteiger partial charge on any atom is 0.0894 e. The lowest BCUT2D eigenvalue weighted by Gasteiger charge is -2.38. The summed E-state index contributed by atoms with van der Waals surface area (Å²) in [7, 11) is 0. The van der Waals surface area contributed by atoms with E-state index in [4.69, 9.17) is 0 Å². The van der Waals surface area contributed by atoms with Gasteiger partial charge in [-0.15, -0.1) is 0 Å². The van der Waals surface area contributed by atoms with Gasteiger partial charge in [0, 0.05) is 0 Å². The molecular weight excluding hydrogens is 403 g/mol. The highest BCUT2D eigenvalue weighted by atomic mass is 19.1. The Morgan fingerprint density at radius 1 is 0.424 bits per heavy atom. The van der Waals surface area contributed by atoms with Gasteiger partial charge in [-0.3, -0.25) is 4.39 Å². The van der Waals surface area contributed by atoms with E-state index >= 15 is 0 Å². The van der Waals surface area contributed by atoms with Crippen LogP contribution in [0.4, 0.5) is 4.39 Å². The van der Waals surface area contributed by atoms with Gasteiger partial charge in [-0.1, -0.05) is 122 Å². The van der Waals surface area contributed by atoms with E-state index in [0.29, 0.717) is 0 Å². The van der Waals surface area contributed by atoms with Crippen molar-refractivity contribution >= 4 is 0 Å². The van der Waals surface area contributed by atoms with Gasteiger partial charge in [-0.25, -0.2) is 0 Å². The van der Waals surface area contributed by atoms with Crippen LogP contribution in [0.5, 0.6) is 0 Å². The van der Waals surface area contributed by atoms with Crippen molar-refractivity contribution in [1.29, 1.82) is 0 Å². The highest BCUT2D eigenvalue weighted by molar-refractivity contribution is 4.83. The van der Waals surface area contributed by atoms with Gasteiger partial charge in [0.15, 0.2) is 0 Å². The van der Waals surface area contributed by atoms with Crippen LogP contribution in [0.2, 0.25) is 0 Å². The molecule has 0 aromatic heterocycles. The Morgan fingerprint density at radius 2 is 0.788 bits per heavy atom. The molecule has 1 heteroatoms. The van der Waals surface area contributed by atoms with Gasteiger partial charge in [0.05, 0.1) is 6.67 Å². The fourth-order valence-corrected chi connectivity index (χ4v) is 7.93. The average molecular weight is 463 g/mol. The molecule has 0 atom stereocenters. The summed E-state index contributed by atoms with van der Waals surface area (Å²) in [6, 6.07) is 0. The normalized spacial score (nSPS) is 33.3. The third-order valence-corrected chi connectivity index (χ3v) is 10.4. The standard InChI is InChI=1S/C32H59F/c1-2-3-4-5-6-7-8-10-27-18-22-31(23-19-27)32-24-20-30(21-25-32)17-16-29-14-12-28(13-15-29)11-9-26-33/h27-32H,2-26H2,1H3. The van der Waals surface area contributed by atoms with Gasteiger partial charge in [0.1, 0.15) is 0 Å². The minimum absolute atomic E-state index is 0.108. The zero-order valence-electron chi connectivity index (χ0n) is 22.5. The van der Waals surface area contributed by atoms with Crippen molar-refractivity contribution < 1.29 is 4.39 Å². The van der Waals surface area contributed by atoms with Gasteiger partial charge >= 0.3 is 0 Å². The van der Waals surface area contributed by atoms with E-state index in [1.165, 1.54) is 103 Å². The first kappa shape index (κ1) is 27.5. The first-order valence-electron chi connectivity index (χ1n) is 15.8. The molecule has 3 saturated carbocycles. The molecular formula is C32H59F. The molecule has 0 unspecified atom stereocenters. The number of alkyl halides is 1. The van der Waals surface area contributed by atoms with Crippen molar-refractivity contribution in [2.24, 2.45) is 35.5 Å². The van der Waals surface area contributed by atoms with Crippen LogP contribution in [0, 0.1) is 35.5 Å². The van der Waals surface area contributed by atoms with Gasteiger partial charge in [0.2, 0.25) is 0 Å². The molecule has 0 aromatic carbocycles. The Labute approximate surface area is 207 Å². The molecule has 0 nitrogen and oxygen atoms in total. The summed E-state index contributed by atoms with van der Waals surface area (Å²) in [5.74, 6) is 6.11. The van der Waals surface area contributed by atoms with Crippen LogP contribution in [0.3, 0.4) is 0 Å². The Kier molecular flexibility index (Phi) is 13.8. The van der Waals surface area contributed by atoms with E-state index in [9.17, 15) is 4.39 Å². The van der Waals surface area contributed by atoms with Gasteiger partial charge in [-0.2, -0.15) is 0 Å². The Bertz CT molecular complexity index is 449. The van der Waals surface area contributed by atoms with Crippen molar-refractivity contribution in [3.63, 3.8) is 0 Å². The van der Waals surface area contributed by atoms with Crippen LogP contribution in [0.25, 0.3) is 0 Å². The highest BCUT2D eigenvalue weighted by Crippen LogP contribution is 2.44. The monoisotopic (exact) mass is 462 g/mol. The van der Waals surface area contributed by atoms with Crippen LogP contribution in [-0.2, 0) is 0 Å². The minimum atomic E-state index is -0.108. The van der Waals surface area contributed by atoms with Gasteiger partial charge < -0.3 is 0 Å². The second-order valence-corrected chi connectivity index (χ2v) is 12.8. The van der Waals surface area contributed by atoms with Crippen molar-refractivity contribution in [2.45, 2.75) is 161 Å². The summed E-state index contributed by atoms with van der Waals surface area (Å²) in [6.07, 6.45) is 34.8. The molecule has 0 aliphatic heterocycles. The molecule has 0 bridgehead atoms. The molecule has 194 valence electrons. The molecule has 3 rings (SSSR count). The average Bonchev–Trinajstić information content (AvgIpc) is 2.87. The first-order valence-corrected chi connectivity index (χ1v) is 15.8. The third kappa shape index (κ3) is 10.6. The summed E-state index contributed by atoms with van der Waals surface area (Å²) in [5, 5.41) is 0. The lowest BCUT2D eigenvalue weighted by molar-refractivity contribution is 0.135. The molecule has 0 saturated heterocycles. The maximum atomic E-state index is 12.4. The van der Waals surface area contributed by atoms with Crippen LogP contribution < -0.4 is 0 Å². The minimum Gasteiger partial charge on any atom is -0.251 e. The molecule has 0 amide bonds. The Hall–Kier alpha value is -0.0700. The topological polar surface area (TPSA) is 0 Å². The summed E-state index contributed by atoms with van der Waals surface area (Å²) in [4.78, 5) is 0. The lowest BCUT2D eigenvalue weighted by atomic mass is 9.68. The van der Waals surface area contributed by atoms with E-state index in [-0.39, 0.29) is 6.67 Å². The van der Waals surface area contributed by atoms with E-state index in [0.717, 1.165) is 48.3 Å². The number of rotatable bonds is 15. The molecule has 0 aromatic rings. The number of hydrogen-bond donors (Lipinski definition) is 0. The molecule has 0 spiro atoms. The Morgan fingerprint density at radius 3 is 1.24 bits per heavy atom. The Balaban J connectivity index is 1.19. The SMILES string of the molecule is CCCCCCCCCC1CCC(C2CCC(CCC3CCC(CCCF)CC3)CC2)CC1. The van der Waals surface area contributed by atoms with E-state index in [1.807, 2.05) is 0 Å². The van der Waals surface area contributed by atoms with Crippen LogP contribution in [0.1, 0.15) is 161 Å². The second-order valence-electron chi connectivity index (χ2n) is 12.8. The highest BCUT2D eigenvalue weighted by Gasteiger charge is 2.31. The van der Waals surface area contributed by atoms with Crippen LogP contribution in [0.15, 0.2) is 0 Å². The van der Waals surface area contributed by atoms with Crippen LogP contribution in [-0.4, -0.2) is 6.67 Å². The summed E-state index contributed by atoms with van der Waals surface area (Å²) >= 11 is 0. The number of halogens is 1. The quantitative estimate of drug-likeness (QED) is 0.212. The van der Waals surface area contributed by atoms with E-state index in [1.54, 1.807) is 38.5 Å². The number of hydrogen-bond acceptors (Lipinski definition) is 0. The van der Waals surface area contributed by atoms with Crippen LogP contribution >= 0.6 is 0 Å². The first-order chi connectivity index (χ1) is 16.3. The van der Waals surface area contributed by atoms with E-state index < -0.39 is 0 Å². The molecule has 3 aliphatic rings. The zero-order valence-corrected chi connectivity index (χ0v) is 22.5. The smallest absolute Gasteiger partial charge is 0.0894 e. The predicted molar refractivity (Wildman–Crippen MR) is 143 cm³/mol. The largest absolute Gasteiger partial charge is 0.251 e. The summed E-state index contributed by atoms with van der Waals surface area (Å²) in [6.45, 7) is 2.21. The molecule has 0 N–H and O–H groups in total. The van der Waals surface area contributed by atoms with E-state index in [2.05, 4.69) is 6.92 Å². The lowest BCUT2D eigenvalue weighted by Crippen LogP contribution is -2.26. The molecule has 3 aliphatic carbocycles. The van der Waals surface area contributed by atoms with Gasteiger partial charge in [-0.05, 0) is 74.0 Å². The summed E-state index contributed by atoms with van der Waals surface area (Å²) < 4.78 is 12.4. The van der Waals surface area contributed by atoms with Crippen molar-refractivity contribution in [1.82, 2.24) is 0 Å². The van der Waals surface area contributed by atoms with Crippen molar-refractivity contribution in [2.75, 3.05) is 6.67 Å². The maximum absolute atomic E-state index is 12.4. The van der Waals surface area contributed by atoms with Crippen molar-refractivity contribution in [3.8, 4) is 0 Å². The van der Waals surface area contributed by atoms with Gasteiger partial charge in [0.25, 0.3) is 0 Å². The zero-order chi connectivity index (χ0) is 23.1. The third-order valence-electron chi connectivity index (χ3n) is 10.4. The summed E-state index contributed by atoms with van der Waals surface area (Å²) in [5.41, 5.74) is 0. The second kappa shape index (κ2) is 16.6. The molecule has 33 heavy (non-hydrogen) atoms. The number of unbranched alkanes of at least 4 members (excludes halogenated alkanes) is 6. The fraction of sp³-hybridized carbons (Fsp3) is 1.00. The fourth-order valence-electron chi connectivity index (χ4n) is 7.93.